The van der Waals surface area contributed by atoms with Crippen molar-refractivity contribution in [2.45, 2.75) is 46.2 Å². The molecular weight excluding hydrogens is 160 g/mol. The minimum atomic E-state index is 0.378. The van der Waals surface area contributed by atoms with Crippen LogP contribution in [0, 0.1) is 0 Å². The number of nitrogens with zero attached hydrogens (tertiary/aromatic N) is 1. The summed E-state index contributed by atoms with van der Waals surface area (Å²) in [6.45, 7) is 14.3. The molecule has 1 aliphatic heterocycles. The molecule has 2 heteroatoms. The molecule has 0 atom stereocenters. The number of rotatable bonds is 4. The summed E-state index contributed by atoms with van der Waals surface area (Å²) < 4.78 is 1.28. The lowest BCUT2D eigenvalue weighted by Gasteiger charge is -2.47. The van der Waals surface area contributed by atoms with Gasteiger partial charge in [0.15, 0.2) is 5.66 Å². The number of quaternary nitrogens is 1. The van der Waals surface area contributed by atoms with E-state index in [0.29, 0.717) is 5.66 Å². The van der Waals surface area contributed by atoms with Gasteiger partial charge in [-0.1, -0.05) is 13.8 Å². The Hall–Kier alpha value is -0.0800. The second-order valence-corrected chi connectivity index (χ2v) is 4.17. The summed E-state index contributed by atoms with van der Waals surface area (Å²) in [5.41, 5.74) is 0.378. The predicted octanol–water partition coefficient (Wildman–Crippen LogP) is 1.96. The van der Waals surface area contributed by atoms with Crippen molar-refractivity contribution in [1.29, 1.82) is 0 Å². The summed E-state index contributed by atoms with van der Waals surface area (Å²) in [6.07, 6.45) is 2.51. The summed E-state index contributed by atoms with van der Waals surface area (Å²) in [5.74, 6) is 0. The monoisotopic (exact) mass is 185 g/mol. The molecule has 13 heavy (non-hydrogen) atoms. The van der Waals surface area contributed by atoms with Crippen LogP contribution in [0.4, 0.5) is 0 Å². The molecule has 0 aromatic heterocycles. The predicted molar refractivity (Wildman–Crippen MR) is 57.5 cm³/mol. The van der Waals surface area contributed by atoms with E-state index in [-0.39, 0.29) is 0 Å². The molecule has 78 valence electrons. The van der Waals surface area contributed by atoms with Crippen molar-refractivity contribution in [2.75, 3.05) is 26.2 Å². The van der Waals surface area contributed by atoms with Crippen molar-refractivity contribution in [2.24, 2.45) is 0 Å². The van der Waals surface area contributed by atoms with Gasteiger partial charge >= 0.3 is 0 Å². The first-order chi connectivity index (χ1) is 6.20. The van der Waals surface area contributed by atoms with Gasteiger partial charge < -0.3 is 4.48 Å². The van der Waals surface area contributed by atoms with Crippen LogP contribution < -0.4 is 5.32 Å². The maximum atomic E-state index is 3.73. The van der Waals surface area contributed by atoms with Gasteiger partial charge in [0.05, 0.1) is 26.2 Å². The minimum absolute atomic E-state index is 0.378. The zero-order chi connectivity index (χ0) is 9.95. The van der Waals surface area contributed by atoms with Crippen molar-refractivity contribution in [3.8, 4) is 0 Å². The van der Waals surface area contributed by atoms with Gasteiger partial charge in [0, 0.05) is 12.8 Å². The molecule has 0 unspecified atom stereocenters. The number of hydrogen-bond donors (Lipinski definition) is 1. The molecule has 0 aliphatic carbocycles. The summed E-state index contributed by atoms with van der Waals surface area (Å²) >= 11 is 0. The molecule has 1 fully saturated rings. The van der Waals surface area contributed by atoms with Crippen LogP contribution in [0.15, 0.2) is 0 Å². The number of nitrogens with one attached hydrogen (secondary N) is 1. The van der Waals surface area contributed by atoms with Gasteiger partial charge in [-0.05, 0) is 13.8 Å². The molecule has 0 spiro atoms. The van der Waals surface area contributed by atoms with Gasteiger partial charge in [-0.2, -0.15) is 0 Å². The summed E-state index contributed by atoms with van der Waals surface area (Å²) in [4.78, 5) is 0. The average Bonchev–Trinajstić information content (AvgIpc) is 2.57. The second-order valence-electron chi connectivity index (χ2n) is 4.17. The van der Waals surface area contributed by atoms with Crippen LogP contribution >= 0.6 is 0 Å². The van der Waals surface area contributed by atoms with Crippen molar-refractivity contribution >= 4 is 0 Å². The third-order valence-electron chi connectivity index (χ3n) is 4.28. The smallest absolute Gasteiger partial charge is 0.152 e. The van der Waals surface area contributed by atoms with Crippen LogP contribution in [-0.2, 0) is 0 Å². The maximum Gasteiger partial charge on any atom is 0.152 e. The van der Waals surface area contributed by atoms with Gasteiger partial charge in [-0.25, -0.2) is 0 Å². The summed E-state index contributed by atoms with van der Waals surface area (Å²) in [5, 5.41) is 3.73. The van der Waals surface area contributed by atoms with Gasteiger partial charge in [0.25, 0.3) is 0 Å². The minimum Gasteiger partial charge on any atom is -0.306 e. The molecule has 0 bridgehead atoms. The Morgan fingerprint density at radius 2 is 1.62 bits per heavy atom. The van der Waals surface area contributed by atoms with Gasteiger partial charge in [-0.3, -0.25) is 5.32 Å². The first kappa shape index (κ1) is 11.0. The highest BCUT2D eigenvalue weighted by Crippen LogP contribution is 2.32. The number of hydrogen-bond acceptors (Lipinski definition) is 1. The molecule has 0 aromatic carbocycles. The standard InChI is InChI=1S/C11H25N2/c1-5-11(6-2)12-9-10-13(11,7-3)8-4/h12H,5-10H2,1-4H3/q+1. The average molecular weight is 185 g/mol. The highest BCUT2D eigenvalue weighted by Gasteiger charge is 2.50. The van der Waals surface area contributed by atoms with Crippen LogP contribution in [0.2, 0.25) is 0 Å². The molecule has 1 N–H and O–H groups in total. The van der Waals surface area contributed by atoms with E-state index in [2.05, 4.69) is 33.0 Å². The molecule has 2 nitrogen and oxygen atoms in total. The largest absolute Gasteiger partial charge is 0.306 e. The van der Waals surface area contributed by atoms with Crippen LogP contribution in [0.5, 0.6) is 0 Å². The maximum absolute atomic E-state index is 3.73. The molecule has 1 heterocycles. The lowest BCUT2D eigenvalue weighted by atomic mass is 9.99. The van der Waals surface area contributed by atoms with E-state index >= 15 is 0 Å². The molecule has 1 aliphatic rings. The van der Waals surface area contributed by atoms with E-state index in [1.165, 1.54) is 43.5 Å². The Balaban J connectivity index is 2.92. The summed E-state index contributed by atoms with van der Waals surface area (Å²) in [6, 6.07) is 0. The normalized spacial score (nSPS) is 24.9. The van der Waals surface area contributed by atoms with Crippen molar-refractivity contribution < 1.29 is 4.48 Å². The molecule has 0 saturated carbocycles. The topological polar surface area (TPSA) is 12.0 Å². The third kappa shape index (κ3) is 1.40. The highest BCUT2D eigenvalue weighted by atomic mass is 15.5. The van der Waals surface area contributed by atoms with E-state index in [1.54, 1.807) is 0 Å². The van der Waals surface area contributed by atoms with Crippen LogP contribution in [-0.4, -0.2) is 36.3 Å². The second kappa shape index (κ2) is 3.97. The van der Waals surface area contributed by atoms with E-state index in [1.807, 2.05) is 0 Å². The van der Waals surface area contributed by atoms with Crippen molar-refractivity contribution in [3.05, 3.63) is 0 Å². The number of likely N-dealkylation sites (N-methyl/N-ethyl adjacent to an activating group) is 1. The van der Waals surface area contributed by atoms with E-state index in [0.717, 1.165) is 0 Å². The molecule has 0 radical (unpaired) electrons. The molecule has 1 saturated heterocycles. The molecule has 1 rings (SSSR count). The lowest BCUT2D eigenvalue weighted by Crippen LogP contribution is -2.64. The lowest BCUT2D eigenvalue weighted by molar-refractivity contribution is -0.963. The zero-order valence-corrected chi connectivity index (χ0v) is 9.69. The molecular formula is C11H25N2+. The third-order valence-corrected chi connectivity index (χ3v) is 4.28. The quantitative estimate of drug-likeness (QED) is 0.660. The Morgan fingerprint density at radius 3 is 1.92 bits per heavy atom. The fraction of sp³-hybridized carbons (Fsp3) is 1.00. The van der Waals surface area contributed by atoms with E-state index in [9.17, 15) is 0 Å². The van der Waals surface area contributed by atoms with Gasteiger partial charge in [0.1, 0.15) is 0 Å². The van der Waals surface area contributed by atoms with Crippen molar-refractivity contribution in [1.82, 2.24) is 5.32 Å². The van der Waals surface area contributed by atoms with E-state index < -0.39 is 0 Å². The zero-order valence-electron chi connectivity index (χ0n) is 9.69. The summed E-state index contributed by atoms with van der Waals surface area (Å²) in [7, 11) is 0. The first-order valence-electron chi connectivity index (χ1n) is 5.81. The Labute approximate surface area is 82.9 Å². The first-order valence-corrected chi connectivity index (χ1v) is 5.81. The molecule has 0 aromatic rings. The Kier molecular flexibility index (Phi) is 3.36. The van der Waals surface area contributed by atoms with E-state index in [4.69, 9.17) is 0 Å². The van der Waals surface area contributed by atoms with Crippen molar-refractivity contribution in [3.63, 3.8) is 0 Å². The Morgan fingerprint density at radius 1 is 1.08 bits per heavy atom. The molecule has 0 amide bonds. The van der Waals surface area contributed by atoms with Gasteiger partial charge in [0.2, 0.25) is 0 Å². The highest BCUT2D eigenvalue weighted by molar-refractivity contribution is 4.81. The SMILES string of the molecule is CCC1(CC)NCC[N+]1(CC)CC. The van der Waals surface area contributed by atoms with Crippen LogP contribution in [0.3, 0.4) is 0 Å². The van der Waals surface area contributed by atoms with Gasteiger partial charge in [-0.15, -0.1) is 0 Å². The van der Waals surface area contributed by atoms with Crippen LogP contribution in [0.1, 0.15) is 40.5 Å². The van der Waals surface area contributed by atoms with Crippen LogP contribution in [0.25, 0.3) is 0 Å². The fourth-order valence-corrected chi connectivity index (χ4v) is 3.20. The fourth-order valence-electron chi connectivity index (χ4n) is 3.20. The Bertz CT molecular complexity index is 139.